The van der Waals surface area contributed by atoms with Gasteiger partial charge in [0.25, 0.3) is 0 Å². The Morgan fingerprint density at radius 2 is 1.29 bits per heavy atom. The maximum absolute atomic E-state index is 11.8. The van der Waals surface area contributed by atoms with Crippen molar-refractivity contribution in [3.63, 3.8) is 0 Å². The average molecular weight is 397 g/mol. The van der Waals surface area contributed by atoms with Crippen LogP contribution in [0.4, 0.5) is 0 Å². The van der Waals surface area contributed by atoms with Gasteiger partial charge < -0.3 is 24.8 Å². The zero-order chi connectivity index (χ0) is 20.9. The minimum Gasteiger partial charge on any atom is -0.504 e. The number of aromatic hydroxyl groups is 2. The van der Waals surface area contributed by atoms with E-state index in [4.69, 9.17) is 9.47 Å². The summed E-state index contributed by atoms with van der Waals surface area (Å²) in [6.07, 6.45) is 9.57. The van der Waals surface area contributed by atoms with Crippen molar-refractivity contribution < 1.29 is 29.6 Å². The number of ether oxygens (including phenoxy) is 2. The maximum atomic E-state index is 11.8. The number of hydrogen-bond donors (Lipinski definition) is 3. The Kier molecular flexibility index (Phi) is 11.2. The van der Waals surface area contributed by atoms with Gasteiger partial charge in [0.05, 0.1) is 13.2 Å². The van der Waals surface area contributed by atoms with Crippen molar-refractivity contribution in [2.75, 3.05) is 13.2 Å². The van der Waals surface area contributed by atoms with Crippen molar-refractivity contribution in [2.45, 2.75) is 85.0 Å². The van der Waals surface area contributed by atoms with Gasteiger partial charge in [0, 0.05) is 5.56 Å². The van der Waals surface area contributed by atoms with E-state index < -0.39 is 17.5 Å². The molecule has 1 aromatic carbocycles. The number of phenolic OH excluding ortho intramolecular Hbond substituents is 1. The fourth-order valence-corrected chi connectivity index (χ4v) is 3.15. The molecule has 0 aliphatic heterocycles. The standard InChI is InChI=1S/C22H36O6/c1-4-7-8-9-10-11-12-13-16-17(22(25)26)18(23)19(24)21(28-15-6-3)20(16)27-14-5-2/h23-24H,4-15H2,1-3H3,(H,25,26). The first-order valence-corrected chi connectivity index (χ1v) is 10.6. The topological polar surface area (TPSA) is 96.2 Å². The highest BCUT2D eigenvalue weighted by Gasteiger charge is 2.29. The minimum atomic E-state index is -1.28. The van der Waals surface area contributed by atoms with E-state index in [2.05, 4.69) is 6.92 Å². The van der Waals surface area contributed by atoms with Gasteiger partial charge in [-0.15, -0.1) is 0 Å². The lowest BCUT2D eigenvalue weighted by Crippen LogP contribution is -2.10. The second kappa shape index (κ2) is 13.1. The molecule has 0 saturated heterocycles. The average Bonchev–Trinajstić information content (AvgIpc) is 2.67. The number of aromatic carboxylic acids is 1. The second-order valence-electron chi connectivity index (χ2n) is 7.08. The molecule has 0 atom stereocenters. The molecule has 6 nitrogen and oxygen atoms in total. The van der Waals surface area contributed by atoms with Crippen molar-refractivity contribution >= 4 is 5.97 Å². The predicted octanol–water partition coefficient (Wildman–Crippen LogP) is 5.67. The molecule has 28 heavy (non-hydrogen) atoms. The SMILES string of the molecule is CCCCCCCCCc1c(OCCC)c(OCCC)c(O)c(O)c1C(=O)O. The first-order valence-electron chi connectivity index (χ1n) is 10.6. The summed E-state index contributed by atoms with van der Waals surface area (Å²) in [7, 11) is 0. The maximum Gasteiger partial charge on any atom is 0.340 e. The summed E-state index contributed by atoms with van der Waals surface area (Å²) in [4.78, 5) is 11.8. The van der Waals surface area contributed by atoms with Gasteiger partial charge in [0.2, 0.25) is 11.5 Å². The number of unbranched alkanes of at least 4 members (excludes halogenated alkanes) is 6. The van der Waals surface area contributed by atoms with Crippen LogP contribution in [0.25, 0.3) is 0 Å². The van der Waals surface area contributed by atoms with Crippen LogP contribution in [0.15, 0.2) is 0 Å². The van der Waals surface area contributed by atoms with Crippen molar-refractivity contribution in [2.24, 2.45) is 0 Å². The highest BCUT2D eigenvalue weighted by molar-refractivity contribution is 5.96. The van der Waals surface area contributed by atoms with E-state index in [1.54, 1.807) is 0 Å². The van der Waals surface area contributed by atoms with E-state index in [1.165, 1.54) is 25.7 Å². The fourth-order valence-electron chi connectivity index (χ4n) is 3.15. The summed E-state index contributed by atoms with van der Waals surface area (Å²) < 4.78 is 11.4. The van der Waals surface area contributed by atoms with Crippen LogP contribution in [0.2, 0.25) is 0 Å². The van der Waals surface area contributed by atoms with E-state index in [9.17, 15) is 20.1 Å². The van der Waals surface area contributed by atoms with Gasteiger partial charge in [-0.25, -0.2) is 4.79 Å². The molecule has 1 rings (SSSR count). The Morgan fingerprint density at radius 1 is 0.750 bits per heavy atom. The molecule has 0 amide bonds. The molecule has 0 aromatic heterocycles. The summed E-state index contributed by atoms with van der Waals surface area (Å²) in [5.74, 6) is -2.22. The molecule has 0 radical (unpaired) electrons. The number of carboxylic acid groups (broad SMARTS) is 1. The second-order valence-corrected chi connectivity index (χ2v) is 7.08. The molecule has 0 saturated carbocycles. The first-order chi connectivity index (χ1) is 13.5. The molecule has 0 aliphatic carbocycles. The molecule has 3 N–H and O–H groups in total. The molecule has 0 heterocycles. The minimum absolute atomic E-state index is 0.0377. The Bertz CT molecular complexity index is 612. The van der Waals surface area contributed by atoms with Crippen LogP contribution in [0.5, 0.6) is 23.0 Å². The summed E-state index contributed by atoms with van der Waals surface area (Å²) in [6, 6.07) is 0. The Labute approximate surface area is 168 Å². The number of benzene rings is 1. The van der Waals surface area contributed by atoms with E-state index in [-0.39, 0.29) is 17.1 Å². The quantitative estimate of drug-likeness (QED) is 0.261. The smallest absolute Gasteiger partial charge is 0.340 e. The zero-order valence-corrected chi connectivity index (χ0v) is 17.6. The number of hydrogen-bond acceptors (Lipinski definition) is 5. The van der Waals surface area contributed by atoms with E-state index in [0.717, 1.165) is 25.7 Å². The van der Waals surface area contributed by atoms with Gasteiger partial charge >= 0.3 is 5.97 Å². The van der Waals surface area contributed by atoms with Crippen molar-refractivity contribution in [3.8, 4) is 23.0 Å². The van der Waals surface area contributed by atoms with Crippen molar-refractivity contribution in [1.29, 1.82) is 0 Å². The molecular formula is C22H36O6. The molecule has 0 bridgehead atoms. The molecule has 0 fully saturated rings. The number of carboxylic acids is 1. The lowest BCUT2D eigenvalue weighted by molar-refractivity contribution is 0.0690. The molecule has 1 aromatic rings. The lowest BCUT2D eigenvalue weighted by atomic mass is 9.97. The highest BCUT2D eigenvalue weighted by atomic mass is 16.5. The van der Waals surface area contributed by atoms with Gasteiger partial charge in [-0.2, -0.15) is 0 Å². The monoisotopic (exact) mass is 396 g/mol. The van der Waals surface area contributed by atoms with Gasteiger partial charge in [-0.1, -0.05) is 59.3 Å². The van der Waals surface area contributed by atoms with E-state index in [1.807, 2.05) is 13.8 Å². The Morgan fingerprint density at radius 3 is 1.82 bits per heavy atom. The van der Waals surface area contributed by atoms with Crippen LogP contribution >= 0.6 is 0 Å². The lowest BCUT2D eigenvalue weighted by Gasteiger charge is -2.20. The molecule has 0 spiro atoms. The first kappa shape index (κ1) is 23.9. The summed E-state index contributed by atoms with van der Waals surface area (Å²) in [5.41, 5.74) is 0.106. The van der Waals surface area contributed by atoms with Crippen LogP contribution in [0.1, 0.15) is 94.5 Å². The predicted molar refractivity (Wildman–Crippen MR) is 110 cm³/mol. The van der Waals surface area contributed by atoms with Gasteiger partial charge in [-0.05, 0) is 25.7 Å². The van der Waals surface area contributed by atoms with Gasteiger partial charge in [0.15, 0.2) is 11.5 Å². The van der Waals surface area contributed by atoms with E-state index in [0.29, 0.717) is 31.6 Å². The zero-order valence-electron chi connectivity index (χ0n) is 17.6. The molecule has 160 valence electrons. The Hall–Kier alpha value is -2.11. The van der Waals surface area contributed by atoms with Crippen molar-refractivity contribution in [3.05, 3.63) is 11.1 Å². The fraction of sp³-hybridized carbons (Fsp3) is 0.682. The number of rotatable bonds is 15. The van der Waals surface area contributed by atoms with Crippen LogP contribution < -0.4 is 9.47 Å². The van der Waals surface area contributed by atoms with E-state index >= 15 is 0 Å². The third kappa shape index (κ3) is 6.80. The highest BCUT2D eigenvalue weighted by Crippen LogP contribution is 2.49. The third-order valence-corrected chi connectivity index (χ3v) is 4.60. The normalized spacial score (nSPS) is 10.8. The number of phenols is 2. The number of carbonyl (C=O) groups is 1. The summed E-state index contributed by atoms with van der Waals surface area (Å²) in [6.45, 7) is 6.75. The van der Waals surface area contributed by atoms with Gasteiger partial charge in [0.1, 0.15) is 5.56 Å². The van der Waals surface area contributed by atoms with Crippen LogP contribution in [0.3, 0.4) is 0 Å². The summed E-state index contributed by atoms with van der Waals surface area (Å²) >= 11 is 0. The third-order valence-electron chi connectivity index (χ3n) is 4.60. The largest absolute Gasteiger partial charge is 0.504 e. The molecule has 6 heteroatoms. The van der Waals surface area contributed by atoms with Gasteiger partial charge in [-0.3, -0.25) is 0 Å². The van der Waals surface area contributed by atoms with Crippen molar-refractivity contribution in [1.82, 2.24) is 0 Å². The molecule has 0 aliphatic rings. The molecular weight excluding hydrogens is 360 g/mol. The summed E-state index contributed by atoms with van der Waals surface area (Å²) in [5, 5.41) is 30.3. The molecule has 0 unspecified atom stereocenters. The van der Waals surface area contributed by atoms with Crippen LogP contribution in [-0.4, -0.2) is 34.5 Å². The van der Waals surface area contributed by atoms with Crippen LogP contribution in [0, 0.1) is 0 Å². The Balaban J connectivity index is 3.12. The van der Waals surface area contributed by atoms with Crippen LogP contribution in [-0.2, 0) is 6.42 Å².